The van der Waals surface area contributed by atoms with Crippen LogP contribution in [0.5, 0.6) is 0 Å². The molecular weight excluding hydrogens is 224 g/mol. The zero-order valence-electron chi connectivity index (χ0n) is 11.2. The summed E-state index contributed by atoms with van der Waals surface area (Å²) in [5.41, 5.74) is 0. The first-order valence-electron chi connectivity index (χ1n) is 5.85. The molecule has 0 rings (SSSR count). The Kier molecular flexibility index (Phi) is 11.8. The Labute approximate surface area is 102 Å². The van der Waals surface area contributed by atoms with Gasteiger partial charge in [0, 0.05) is 0 Å². The molecule has 5 nitrogen and oxygen atoms in total. The van der Waals surface area contributed by atoms with Crippen LogP contribution in [0, 0.1) is 5.92 Å². The number of hydrogen-bond acceptors (Lipinski definition) is 5. The van der Waals surface area contributed by atoms with E-state index in [1.54, 1.807) is 13.8 Å². The molecule has 0 aliphatic heterocycles. The van der Waals surface area contributed by atoms with Gasteiger partial charge in [-0.1, -0.05) is 13.8 Å². The third-order valence-electron chi connectivity index (χ3n) is 1.74. The molecule has 17 heavy (non-hydrogen) atoms. The van der Waals surface area contributed by atoms with E-state index in [0.717, 1.165) is 0 Å². The minimum atomic E-state index is -1.04. The van der Waals surface area contributed by atoms with Crippen molar-refractivity contribution in [2.24, 2.45) is 5.92 Å². The third-order valence-corrected chi connectivity index (χ3v) is 1.74. The Hall–Kier alpha value is -1.39. The van der Waals surface area contributed by atoms with Gasteiger partial charge >= 0.3 is 11.9 Å². The molecule has 0 spiro atoms. The highest BCUT2D eigenvalue weighted by molar-refractivity contribution is 6.00. The van der Waals surface area contributed by atoms with E-state index in [9.17, 15) is 14.4 Å². The molecule has 1 atom stereocenters. The number of ketones is 1. The lowest BCUT2D eigenvalue weighted by atomic mass is 10.0. The maximum absolute atomic E-state index is 11.3. The predicted molar refractivity (Wildman–Crippen MR) is 63.4 cm³/mol. The van der Waals surface area contributed by atoms with E-state index >= 15 is 0 Å². The summed E-state index contributed by atoms with van der Waals surface area (Å²) in [5, 5.41) is 0. The zero-order valence-corrected chi connectivity index (χ0v) is 11.2. The average Bonchev–Trinajstić information content (AvgIpc) is 2.29. The minimum Gasteiger partial charge on any atom is -0.466 e. The molecule has 5 heteroatoms. The number of ether oxygens (including phenoxy) is 2. The van der Waals surface area contributed by atoms with Crippen LogP contribution < -0.4 is 0 Å². The van der Waals surface area contributed by atoms with Crippen LogP contribution in [0.15, 0.2) is 0 Å². The Bertz CT molecular complexity index is 247. The van der Waals surface area contributed by atoms with E-state index in [1.165, 1.54) is 6.92 Å². The van der Waals surface area contributed by atoms with Gasteiger partial charge in [0.25, 0.3) is 0 Å². The summed E-state index contributed by atoms with van der Waals surface area (Å²) in [6, 6.07) is 0. The van der Waals surface area contributed by atoms with Crippen LogP contribution >= 0.6 is 0 Å². The van der Waals surface area contributed by atoms with Gasteiger partial charge in [-0.15, -0.1) is 0 Å². The quantitative estimate of drug-likeness (QED) is 0.527. The van der Waals surface area contributed by atoms with Crippen LogP contribution in [0.2, 0.25) is 0 Å². The van der Waals surface area contributed by atoms with Gasteiger partial charge < -0.3 is 9.47 Å². The largest absolute Gasteiger partial charge is 0.466 e. The van der Waals surface area contributed by atoms with Crippen molar-refractivity contribution in [2.45, 2.75) is 41.0 Å². The summed E-state index contributed by atoms with van der Waals surface area (Å²) in [6.45, 7) is 8.96. The van der Waals surface area contributed by atoms with E-state index in [1.807, 2.05) is 13.8 Å². The molecule has 0 aromatic heterocycles. The minimum absolute atomic E-state index is 0.186. The van der Waals surface area contributed by atoms with Crippen LogP contribution in [0.3, 0.4) is 0 Å². The molecule has 0 amide bonds. The third kappa shape index (κ3) is 8.42. The number of Topliss-reactive ketones (excluding diaryl/α,β-unsaturated/α-hetero) is 1. The number of esters is 2. The predicted octanol–water partition coefficient (Wildman–Crippen LogP) is 1.73. The molecule has 100 valence electrons. The van der Waals surface area contributed by atoms with Crippen LogP contribution in [0.25, 0.3) is 0 Å². The van der Waals surface area contributed by atoms with Gasteiger partial charge in [0.2, 0.25) is 0 Å². The molecule has 0 saturated heterocycles. The second-order valence-corrected chi connectivity index (χ2v) is 2.92. The van der Waals surface area contributed by atoms with Gasteiger partial charge in [0.1, 0.15) is 11.7 Å². The molecule has 0 radical (unpaired) electrons. The summed E-state index contributed by atoms with van der Waals surface area (Å²) in [6.07, 6.45) is -0.248. The summed E-state index contributed by atoms with van der Waals surface area (Å²) < 4.78 is 9.33. The van der Waals surface area contributed by atoms with Gasteiger partial charge in [-0.3, -0.25) is 14.4 Å². The fourth-order valence-electron chi connectivity index (χ4n) is 1.02. The van der Waals surface area contributed by atoms with Crippen molar-refractivity contribution in [2.75, 3.05) is 13.2 Å². The Morgan fingerprint density at radius 1 is 1.00 bits per heavy atom. The van der Waals surface area contributed by atoms with Crippen molar-refractivity contribution in [1.29, 1.82) is 0 Å². The lowest BCUT2D eigenvalue weighted by Gasteiger charge is -2.11. The lowest BCUT2D eigenvalue weighted by Crippen LogP contribution is -2.27. The molecule has 0 fully saturated rings. The molecular formula is C12H22O5. The molecule has 0 heterocycles. The van der Waals surface area contributed by atoms with Crippen molar-refractivity contribution < 1.29 is 23.9 Å². The van der Waals surface area contributed by atoms with Crippen LogP contribution in [0.1, 0.15) is 41.0 Å². The van der Waals surface area contributed by atoms with E-state index < -0.39 is 17.9 Å². The molecule has 1 unspecified atom stereocenters. The lowest BCUT2D eigenvalue weighted by molar-refractivity contribution is -0.157. The number of carbonyl (C=O) groups excluding carboxylic acids is 3. The second-order valence-electron chi connectivity index (χ2n) is 2.92. The van der Waals surface area contributed by atoms with Crippen molar-refractivity contribution >= 4 is 17.7 Å². The zero-order chi connectivity index (χ0) is 13.8. The van der Waals surface area contributed by atoms with Crippen LogP contribution in [-0.4, -0.2) is 30.9 Å². The summed E-state index contributed by atoms with van der Waals surface area (Å²) in [5.74, 6) is -2.66. The molecule has 0 saturated carbocycles. The van der Waals surface area contributed by atoms with Crippen LogP contribution in [-0.2, 0) is 23.9 Å². The molecule has 0 aromatic carbocycles. The SMILES string of the molecule is CC.CCOC(=O)CC(C(C)=O)C(=O)OCC. The Morgan fingerprint density at radius 3 is 1.82 bits per heavy atom. The number of carbonyl (C=O) groups is 3. The van der Waals surface area contributed by atoms with Gasteiger partial charge in [-0.25, -0.2) is 0 Å². The van der Waals surface area contributed by atoms with Gasteiger partial charge in [0.05, 0.1) is 19.6 Å². The summed E-state index contributed by atoms with van der Waals surface area (Å²) in [7, 11) is 0. The van der Waals surface area contributed by atoms with Gasteiger partial charge in [-0.2, -0.15) is 0 Å². The van der Waals surface area contributed by atoms with E-state index in [-0.39, 0.29) is 25.4 Å². The number of rotatable bonds is 6. The number of hydrogen-bond donors (Lipinski definition) is 0. The Morgan fingerprint density at radius 2 is 1.47 bits per heavy atom. The highest BCUT2D eigenvalue weighted by Crippen LogP contribution is 2.08. The van der Waals surface area contributed by atoms with E-state index in [2.05, 4.69) is 9.47 Å². The first kappa shape index (κ1) is 18.0. The first-order valence-corrected chi connectivity index (χ1v) is 5.85. The van der Waals surface area contributed by atoms with Crippen molar-refractivity contribution in [3.63, 3.8) is 0 Å². The molecule has 0 N–H and O–H groups in total. The molecule has 0 aliphatic rings. The van der Waals surface area contributed by atoms with Gasteiger partial charge in [0.15, 0.2) is 0 Å². The highest BCUT2D eigenvalue weighted by atomic mass is 16.5. The maximum atomic E-state index is 11.3. The highest BCUT2D eigenvalue weighted by Gasteiger charge is 2.28. The van der Waals surface area contributed by atoms with Gasteiger partial charge in [-0.05, 0) is 20.8 Å². The smallest absolute Gasteiger partial charge is 0.317 e. The van der Waals surface area contributed by atoms with E-state index in [0.29, 0.717) is 0 Å². The van der Waals surface area contributed by atoms with E-state index in [4.69, 9.17) is 0 Å². The second kappa shape index (κ2) is 11.1. The van der Waals surface area contributed by atoms with Crippen molar-refractivity contribution in [3.8, 4) is 0 Å². The summed E-state index contributed by atoms with van der Waals surface area (Å²) >= 11 is 0. The van der Waals surface area contributed by atoms with Crippen molar-refractivity contribution in [1.82, 2.24) is 0 Å². The topological polar surface area (TPSA) is 69.7 Å². The summed E-state index contributed by atoms with van der Waals surface area (Å²) in [4.78, 5) is 33.4. The normalized spacial score (nSPS) is 10.6. The standard InChI is InChI=1S/C10H16O5.C2H6/c1-4-14-9(12)6-8(7(3)11)10(13)15-5-2;1-2/h8H,4-6H2,1-3H3;1-2H3. The van der Waals surface area contributed by atoms with Crippen LogP contribution in [0.4, 0.5) is 0 Å². The fraction of sp³-hybridized carbons (Fsp3) is 0.750. The Balaban J connectivity index is 0. The molecule has 0 aliphatic carbocycles. The monoisotopic (exact) mass is 246 g/mol. The molecule has 0 aromatic rings. The first-order chi connectivity index (χ1) is 8.02. The maximum Gasteiger partial charge on any atom is 0.317 e. The van der Waals surface area contributed by atoms with Crippen molar-refractivity contribution in [3.05, 3.63) is 0 Å². The average molecular weight is 246 g/mol. The fourth-order valence-corrected chi connectivity index (χ4v) is 1.02. The molecule has 0 bridgehead atoms.